The van der Waals surface area contributed by atoms with Crippen LogP contribution in [0.5, 0.6) is 0 Å². The van der Waals surface area contributed by atoms with E-state index in [9.17, 15) is 4.79 Å². The largest absolute Gasteiger partial charge is 0.302 e. The van der Waals surface area contributed by atoms with Crippen LogP contribution in [0.25, 0.3) is 0 Å². The van der Waals surface area contributed by atoms with E-state index in [4.69, 9.17) is 0 Å². The SMILES string of the molecule is C=CCCC[C@@](NC(C)C)(C(=O)CC)[C@H](C)CCC=C. The summed E-state index contributed by atoms with van der Waals surface area (Å²) in [6.45, 7) is 16.0. The van der Waals surface area contributed by atoms with Crippen LogP contribution in [-0.2, 0) is 4.79 Å². The zero-order chi connectivity index (χ0) is 15.6. The van der Waals surface area contributed by atoms with E-state index < -0.39 is 5.54 Å². The predicted octanol–water partition coefficient (Wildman–Crippen LogP) is 4.66. The molecule has 0 heterocycles. The number of Topliss-reactive ketones (excluding diaryl/α,β-unsaturated/α-hetero) is 1. The summed E-state index contributed by atoms with van der Waals surface area (Å²) in [4.78, 5) is 12.7. The molecule has 0 saturated carbocycles. The van der Waals surface area contributed by atoms with Crippen LogP contribution in [0.15, 0.2) is 25.3 Å². The maximum absolute atomic E-state index is 12.7. The smallest absolute Gasteiger partial charge is 0.152 e. The summed E-state index contributed by atoms with van der Waals surface area (Å²) < 4.78 is 0. The minimum atomic E-state index is -0.394. The van der Waals surface area contributed by atoms with Crippen molar-refractivity contribution in [2.45, 2.75) is 77.8 Å². The zero-order valence-electron chi connectivity index (χ0n) is 13.9. The molecule has 0 spiro atoms. The number of ketones is 1. The average Bonchev–Trinajstić information content (AvgIpc) is 2.42. The third kappa shape index (κ3) is 5.62. The van der Waals surface area contributed by atoms with E-state index in [1.54, 1.807) is 0 Å². The van der Waals surface area contributed by atoms with Crippen molar-refractivity contribution in [3.8, 4) is 0 Å². The van der Waals surface area contributed by atoms with Gasteiger partial charge in [-0.2, -0.15) is 0 Å². The second-order valence-corrected chi connectivity index (χ2v) is 6.00. The van der Waals surface area contributed by atoms with E-state index >= 15 is 0 Å². The number of hydrogen-bond donors (Lipinski definition) is 1. The van der Waals surface area contributed by atoms with E-state index in [1.165, 1.54) is 0 Å². The molecule has 2 heteroatoms. The van der Waals surface area contributed by atoms with E-state index in [0.717, 1.165) is 32.1 Å². The summed E-state index contributed by atoms with van der Waals surface area (Å²) in [6, 6.07) is 0.306. The number of carbonyl (C=O) groups is 1. The van der Waals surface area contributed by atoms with Crippen molar-refractivity contribution < 1.29 is 4.79 Å². The predicted molar refractivity (Wildman–Crippen MR) is 88.9 cm³/mol. The third-order valence-electron chi connectivity index (χ3n) is 3.99. The molecule has 2 nitrogen and oxygen atoms in total. The third-order valence-corrected chi connectivity index (χ3v) is 3.99. The molecule has 116 valence electrons. The first-order valence-electron chi connectivity index (χ1n) is 7.97. The van der Waals surface area contributed by atoms with E-state index in [0.29, 0.717) is 24.2 Å². The average molecular weight is 279 g/mol. The van der Waals surface area contributed by atoms with Gasteiger partial charge >= 0.3 is 0 Å². The van der Waals surface area contributed by atoms with Gasteiger partial charge in [0, 0.05) is 12.5 Å². The molecule has 0 aromatic heterocycles. The Kier molecular flexibility index (Phi) is 9.49. The molecular weight excluding hydrogens is 246 g/mol. The molecule has 0 fully saturated rings. The number of nitrogens with one attached hydrogen (secondary N) is 1. The van der Waals surface area contributed by atoms with Crippen LogP contribution in [0, 0.1) is 5.92 Å². The van der Waals surface area contributed by atoms with Crippen LogP contribution < -0.4 is 5.32 Å². The molecule has 0 amide bonds. The van der Waals surface area contributed by atoms with Crippen LogP contribution in [0.3, 0.4) is 0 Å². The lowest BCUT2D eigenvalue weighted by Gasteiger charge is -2.40. The van der Waals surface area contributed by atoms with Gasteiger partial charge in [-0.3, -0.25) is 4.79 Å². The molecule has 0 aromatic carbocycles. The van der Waals surface area contributed by atoms with E-state index in [2.05, 4.69) is 39.2 Å². The fourth-order valence-corrected chi connectivity index (χ4v) is 2.93. The Morgan fingerprint density at radius 1 is 1.20 bits per heavy atom. The van der Waals surface area contributed by atoms with Crippen molar-refractivity contribution in [1.82, 2.24) is 5.32 Å². The standard InChI is InChI=1S/C18H33NO/c1-7-10-12-14-18(17(20)9-3,19-15(4)5)16(6)13-11-8-2/h7-8,15-16,19H,1-2,9-14H2,3-6H3/t16-,18+/m1/s1. The highest BCUT2D eigenvalue weighted by molar-refractivity contribution is 5.88. The molecule has 0 bridgehead atoms. The first-order chi connectivity index (χ1) is 9.44. The van der Waals surface area contributed by atoms with E-state index in [-0.39, 0.29) is 0 Å². The Labute approximate surface area is 125 Å². The summed E-state index contributed by atoms with van der Waals surface area (Å²) >= 11 is 0. The van der Waals surface area contributed by atoms with Crippen molar-refractivity contribution in [3.63, 3.8) is 0 Å². The molecular formula is C18H33NO. The maximum atomic E-state index is 12.7. The Balaban J connectivity index is 5.21. The van der Waals surface area contributed by atoms with Crippen LogP contribution in [-0.4, -0.2) is 17.4 Å². The molecule has 0 aliphatic heterocycles. The van der Waals surface area contributed by atoms with Crippen molar-refractivity contribution in [2.75, 3.05) is 0 Å². The fraction of sp³-hybridized carbons (Fsp3) is 0.722. The quantitative estimate of drug-likeness (QED) is 0.416. The topological polar surface area (TPSA) is 29.1 Å². The minimum Gasteiger partial charge on any atom is -0.302 e. The lowest BCUT2D eigenvalue weighted by Crippen LogP contribution is -2.58. The fourth-order valence-electron chi connectivity index (χ4n) is 2.93. The van der Waals surface area contributed by atoms with E-state index in [1.807, 2.05) is 19.1 Å². The molecule has 0 saturated heterocycles. The molecule has 1 N–H and O–H groups in total. The summed E-state index contributed by atoms with van der Waals surface area (Å²) in [5.74, 6) is 0.659. The van der Waals surface area contributed by atoms with Crippen LogP contribution in [0.4, 0.5) is 0 Å². The van der Waals surface area contributed by atoms with Crippen molar-refractivity contribution >= 4 is 5.78 Å². The van der Waals surface area contributed by atoms with Crippen LogP contribution in [0.1, 0.15) is 66.2 Å². The minimum absolute atomic E-state index is 0.306. The van der Waals surface area contributed by atoms with Crippen molar-refractivity contribution in [1.29, 1.82) is 0 Å². The van der Waals surface area contributed by atoms with Gasteiger partial charge in [0.1, 0.15) is 0 Å². The number of carbonyl (C=O) groups excluding carboxylic acids is 1. The highest BCUT2D eigenvalue weighted by Gasteiger charge is 2.41. The maximum Gasteiger partial charge on any atom is 0.152 e. The van der Waals surface area contributed by atoms with Crippen LogP contribution in [0.2, 0.25) is 0 Å². The van der Waals surface area contributed by atoms with Crippen LogP contribution >= 0.6 is 0 Å². The molecule has 0 unspecified atom stereocenters. The molecule has 2 atom stereocenters. The van der Waals surface area contributed by atoms with Gasteiger partial charge in [0.25, 0.3) is 0 Å². The molecule has 0 aliphatic rings. The Morgan fingerprint density at radius 3 is 2.25 bits per heavy atom. The summed E-state index contributed by atoms with van der Waals surface area (Å²) in [5, 5.41) is 3.59. The second-order valence-electron chi connectivity index (χ2n) is 6.00. The molecule has 20 heavy (non-hydrogen) atoms. The Hall–Kier alpha value is -0.890. The summed E-state index contributed by atoms with van der Waals surface area (Å²) in [6.07, 6.45) is 9.29. The van der Waals surface area contributed by atoms with Gasteiger partial charge in [0.2, 0.25) is 0 Å². The highest BCUT2D eigenvalue weighted by Crippen LogP contribution is 2.30. The Bertz CT molecular complexity index is 309. The first kappa shape index (κ1) is 19.1. The number of allylic oxidation sites excluding steroid dienone is 2. The van der Waals surface area contributed by atoms with Gasteiger partial charge in [0.15, 0.2) is 5.78 Å². The first-order valence-corrected chi connectivity index (χ1v) is 7.97. The van der Waals surface area contributed by atoms with Gasteiger partial charge in [-0.1, -0.05) is 26.0 Å². The van der Waals surface area contributed by atoms with Crippen molar-refractivity contribution in [3.05, 3.63) is 25.3 Å². The molecule has 0 aliphatic carbocycles. The molecule has 0 rings (SSSR count). The molecule has 0 aromatic rings. The summed E-state index contributed by atoms with van der Waals surface area (Å²) in [5.41, 5.74) is -0.394. The van der Waals surface area contributed by atoms with Crippen molar-refractivity contribution in [2.24, 2.45) is 5.92 Å². The lowest BCUT2D eigenvalue weighted by atomic mass is 9.74. The van der Waals surface area contributed by atoms with Gasteiger partial charge in [0.05, 0.1) is 5.54 Å². The highest BCUT2D eigenvalue weighted by atomic mass is 16.1. The van der Waals surface area contributed by atoms with Gasteiger partial charge in [-0.05, 0) is 51.9 Å². The van der Waals surface area contributed by atoms with Gasteiger partial charge < -0.3 is 5.32 Å². The monoisotopic (exact) mass is 279 g/mol. The van der Waals surface area contributed by atoms with Gasteiger partial charge in [-0.25, -0.2) is 0 Å². The zero-order valence-corrected chi connectivity index (χ0v) is 13.9. The van der Waals surface area contributed by atoms with Gasteiger partial charge in [-0.15, -0.1) is 13.2 Å². The number of unbranched alkanes of at least 4 members (excludes halogenated alkanes) is 1. The molecule has 0 radical (unpaired) electrons. The normalized spacial score (nSPS) is 15.7. The number of hydrogen-bond acceptors (Lipinski definition) is 2. The lowest BCUT2D eigenvalue weighted by molar-refractivity contribution is -0.128. The number of rotatable bonds is 12. The Morgan fingerprint density at radius 2 is 1.80 bits per heavy atom. The second kappa shape index (κ2) is 9.93. The summed E-state index contributed by atoms with van der Waals surface area (Å²) in [7, 11) is 0.